The molecule has 0 radical (unpaired) electrons. The van der Waals surface area contributed by atoms with Gasteiger partial charge in [-0.15, -0.1) is 0 Å². The Morgan fingerprint density at radius 2 is 1.83 bits per heavy atom. The van der Waals surface area contributed by atoms with Crippen molar-refractivity contribution in [2.45, 2.75) is 31.9 Å². The molecule has 6 heteroatoms. The maximum Gasteiger partial charge on any atom is 0.416 e. The first kappa shape index (κ1) is 17.8. The van der Waals surface area contributed by atoms with Gasteiger partial charge in [0, 0.05) is 13.1 Å². The Kier molecular flexibility index (Phi) is 6.04. The maximum absolute atomic E-state index is 12.5. The van der Waals surface area contributed by atoms with Gasteiger partial charge in [0.05, 0.1) is 12.0 Å². The normalized spacial score (nSPS) is 16.6. The molecular formula is C17H23F3N2O. The van der Waals surface area contributed by atoms with E-state index in [1.54, 1.807) is 0 Å². The molecule has 1 amide bonds. The van der Waals surface area contributed by atoms with Crippen molar-refractivity contribution in [2.24, 2.45) is 5.92 Å². The number of nitrogens with zero attached hydrogens (tertiary/aromatic N) is 1. The summed E-state index contributed by atoms with van der Waals surface area (Å²) in [6.07, 6.45) is -1.05. The molecule has 23 heavy (non-hydrogen) atoms. The molecule has 2 rings (SSSR count). The largest absolute Gasteiger partial charge is 0.416 e. The van der Waals surface area contributed by atoms with Crippen LogP contribution in [0.3, 0.4) is 0 Å². The van der Waals surface area contributed by atoms with E-state index in [2.05, 4.69) is 5.32 Å². The lowest BCUT2D eigenvalue weighted by atomic mass is 9.93. The van der Waals surface area contributed by atoms with Crippen LogP contribution in [0.2, 0.25) is 0 Å². The molecule has 1 aliphatic rings. The molecule has 1 N–H and O–H groups in total. The summed E-state index contributed by atoms with van der Waals surface area (Å²) >= 11 is 0. The van der Waals surface area contributed by atoms with E-state index in [1.165, 1.54) is 12.1 Å². The van der Waals surface area contributed by atoms with Crippen LogP contribution in [-0.4, -0.2) is 37.5 Å². The number of nitrogens with one attached hydrogen (secondary N) is 1. The zero-order chi connectivity index (χ0) is 16.9. The Morgan fingerprint density at radius 3 is 2.35 bits per heavy atom. The summed E-state index contributed by atoms with van der Waals surface area (Å²) in [4.78, 5) is 14.1. The SMILES string of the molecule is CNCCC1CCN(C(=O)Cc2ccc(C(F)(F)F)cc2)CC1. The number of carbonyl (C=O) groups is 1. The molecule has 0 saturated carbocycles. The number of carbonyl (C=O) groups excluding carboxylic acids is 1. The van der Waals surface area contributed by atoms with Gasteiger partial charge in [-0.25, -0.2) is 0 Å². The molecule has 1 fully saturated rings. The number of amides is 1. The molecule has 1 aromatic rings. The van der Waals surface area contributed by atoms with Crippen molar-refractivity contribution >= 4 is 5.91 Å². The number of halogens is 3. The second kappa shape index (κ2) is 7.81. The zero-order valence-corrected chi connectivity index (χ0v) is 13.3. The van der Waals surface area contributed by atoms with E-state index in [9.17, 15) is 18.0 Å². The van der Waals surface area contributed by atoms with Crippen molar-refractivity contribution in [1.82, 2.24) is 10.2 Å². The van der Waals surface area contributed by atoms with Crippen LogP contribution in [-0.2, 0) is 17.4 Å². The fourth-order valence-corrected chi connectivity index (χ4v) is 2.92. The molecule has 0 unspecified atom stereocenters. The van der Waals surface area contributed by atoms with Crippen LogP contribution in [0.5, 0.6) is 0 Å². The van der Waals surface area contributed by atoms with Crippen LogP contribution in [0.4, 0.5) is 13.2 Å². The molecule has 3 nitrogen and oxygen atoms in total. The molecule has 0 aromatic heterocycles. The lowest BCUT2D eigenvalue weighted by molar-refractivity contribution is -0.137. The Morgan fingerprint density at radius 1 is 1.22 bits per heavy atom. The monoisotopic (exact) mass is 328 g/mol. The fourth-order valence-electron chi connectivity index (χ4n) is 2.92. The molecule has 0 bridgehead atoms. The first-order chi connectivity index (χ1) is 10.9. The molecule has 0 atom stereocenters. The predicted molar refractivity (Wildman–Crippen MR) is 83.0 cm³/mol. The van der Waals surface area contributed by atoms with Gasteiger partial charge in [-0.05, 0) is 56.5 Å². The number of hydrogen-bond acceptors (Lipinski definition) is 2. The second-order valence-corrected chi connectivity index (χ2v) is 6.09. The highest BCUT2D eigenvalue weighted by molar-refractivity contribution is 5.78. The molecular weight excluding hydrogens is 305 g/mol. The summed E-state index contributed by atoms with van der Waals surface area (Å²) in [6, 6.07) is 4.85. The first-order valence-electron chi connectivity index (χ1n) is 7.98. The van der Waals surface area contributed by atoms with Crippen LogP contribution in [0, 0.1) is 5.92 Å². The summed E-state index contributed by atoms with van der Waals surface area (Å²) in [5.41, 5.74) is -0.0562. The minimum Gasteiger partial charge on any atom is -0.342 e. The first-order valence-corrected chi connectivity index (χ1v) is 7.98. The molecule has 1 aliphatic heterocycles. The predicted octanol–water partition coefficient (Wildman–Crippen LogP) is 3.10. The van der Waals surface area contributed by atoms with Gasteiger partial charge in [0.2, 0.25) is 5.91 Å². The van der Waals surface area contributed by atoms with Gasteiger partial charge in [0.15, 0.2) is 0 Å². The molecule has 1 saturated heterocycles. The Balaban J connectivity index is 1.83. The summed E-state index contributed by atoms with van der Waals surface area (Å²) < 4.78 is 37.6. The summed E-state index contributed by atoms with van der Waals surface area (Å²) in [7, 11) is 1.93. The van der Waals surface area contributed by atoms with E-state index >= 15 is 0 Å². The van der Waals surface area contributed by atoms with Crippen molar-refractivity contribution in [3.63, 3.8) is 0 Å². The number of benzene rings is 1. The van der Waals surface area contributed by atoms with Crippen molar-refractivity contribution in [1.29, 1.82) is 0 Å². The molecule has 1 heterocycles. The smallest absolute Gasteiger partial charge is 0.342 e. The Hall–Kier alpha value is -1.56. The highest BCUT2D eigenvalue weighted by atomic mass is 19.4. The van der Waals surface area contributed by atoms with Gasteiger partial charge >= 0.3 is 6.18 Å². The summed E-state index contributed by atoms with van der Waals surface area (Å²) in [5.74, 6) is 0.648. The van der Waals surface area contributed by atoms with E-state index in [1.807, 2.05) is 11.9 Å². The van der Waals surface area contributed by atoms with Gasteiger partial charge in [0.1, 0.15) is 0 Å². The van der Waals surface area contributed by atoms with E-state index in [-0.39, 0.29) is 12.3 Å². The van der Waals surface area contributed by atoms with Crippen molar-refractivity contribution in [3.8, 4) is 0 Å². The lowest BCUT2D eigenvalue weighted by Crippen LogP contribution is -2.39. The van der Waals surface area contributed by atoms with Crippen LogP contribution in [0.1, 0.15) is 30.4 Å². The van der Waals surface area contributed by atoms with Gasteiger partial charge in [-0.1, -0.05) is 12.1 Å². The highest BCUT2D eigenvalue weighted by Crippen LogP contribution is 2.29. The standard InChI is InChI=1S/C17H23F3N2O/c1-21-9-6-13-7-10-22(11-8-13)16(23)12-14-2-4-15(5-3-14)17(18,19)20/h2-5,13,21H,6-12H2,1H3. The van der Waals surface area contributed by atoms with Gasteiger partial charge in [0.25, 0.3) is 0 Å². The molecule has 128 valence electrons. The number of alkyl halides is 3. The van der Waals surface area contributed by atoms with Gasteiger partial charge in [-0.3, -0.25) is 4.79 Å². The number of piperidine rings is 1. The quantitative estimate of drug-likeness (QED) is 0.901. The average Bonchev–Trinajstić information content (AvgIpc) is 2.53. The zero-order valence-electron chi connectivity index (χ0n) is 13.3. The van der Waals surface area contributed by atoms with Crippen molar-refractivity contribution in [2.75, 3.05) is 26.7 Å². The third-order valence-corrected chi connectivity index (χ3v) is 4.41. The van der Waals surface area contributed by atoms with Crippen LogP contribution in [0.25, 0.3) is 0 Å². The second-order valence-electron chi connectivity index (χ2n) is 6.09. The van der Waals surface area contributed by atoms with Crippen LogP contribution >= 0.6 is 0 Å². The van der Waals surface area contributed by atoms with Crippen LogP contribution in [0.15, 0.2) is 24.3 Å². The molecule has 1 aromatic carbocycles. The molecule has 0 spiro atoms. The average molecular weight is 328 g/mol. The van der Waals surface area contributed by atoms with Gasteiger partial charge in [-0.2, -0.15) is 13.2 Å². The fraction of sp³-hybridized carbons (Fsp3) is 0.588. The summed E-state index contributed by atoms with van der Waals surface area (Å²) in [5, 5.41) is 3.14. The van der Waals surface area contributed by atoms with E-state index in [4.69, 9.17) is 0 Å². The maximum atomic E-state index is 12.5. The molecule has 0 aliphatic carbocycles. The Bertz CT molecular complexity index is 506. The highest BCUT2D eigenvalue weighted by Gasteiger charge is 2.30. The van der Waals surface area contributed by atoms with Crippen molar-refractivity contribution < 1.29 is 18.0 Å². The van der Waals surface area contributed by atoms with E-state index in [0.29, 0.717) is 11.5 Å². The topological polar surface area (TPSA) is 32.3 Å². The number of rotatable bonds is 5. The van der Waals surface area contributed by atoms with Crippen molar-refractivity contribution in [3.05, 3.63) is 35.4 Å². The van der Waals surface area contributed by atoms with E-state index < -0.39 is 11.7 Å². The third kappa shape index (κ3) is 5.23. The van der Waals surface area contributed by atoms with E-state index in [0.717, 1.165) is 51.0 Å². The Labute approximate surface area is 134 Å². The third-order valence-electron chi connectivity index (χ3n) is 4.41. The number of hydrogen-bond donors (Lipinski definition) is 1. The lowest BCUT2D eigenvalue weighted by Gasteiger charge is -2.32. The minimum atomic E-state index is -4.34. The summed E-state index contributed by atoms with van der Waals surface area (Å²) in [6.45, 7) is 2.48. The number of likely N-dealkylation sites (tertiary alicyclic amines) is 1. The van der Waals surface area contributed by atoms with Crippen LogP contribution < -0.4 is 5.32 Å². The minimum absolute atomic E-state index is 0.00294. The van der Waals surface area contributed by atoms with Gasteiger partial charge < -0.3 is 10.2 Å².